The molecular formula is C58H43N3. The van der Waals surface area contributed by atoms with Crippen molar-refractivity contribution in [1.82, 2.24) is 15.0 Å². The molecule has 1 saturated carbocycles. The Balaban J connectivity index is 1.08. The summed E-state index contributed by atoms with van der Waals surface area (Å²) in [5.41, 5.74) is 12.5. The van der Waals surface area contributed by atoms with Crippen molar-refractivity contribution < 1.29 is 5.48 Å². The zero-order valence-electron chi connectivity index (χ0n) is 37.5. The van der Waals surface area contributed by atoms with Gasteiger partial charge in [0.25, 0.3) is 0 Å². The van der Waals surface area contributed by atoms with E-state index in [1.807, 2.05) is 84.9 Å². The van der Waals surface area contributed by atoms with Crippen molar-refractivity contribution in [3.63, 3.8) is 0 Å². The van der Waals surface area contributed by atoms with Crippen molar-refractivity contribution in [2.24, 2.45) is 0 Å². The SMILES string of the molecule is [2H]C1([2H])CCCC([2H])([2H])C12c1ccccc1-c1ccc(-c3ccc4c(c3)C(c3ccccc3)(c3ccccc3)c3cc(-c5nc(-c6ccccc6)nc(-c6ccccc6)n5)ccc3-4)cc12. The molecule has 1 aromatic heterocycles. The first-order valence-electron chi connectivity index (χ1n) is 23.2. The number of hydrogen-bond donors (Lipinski definition) is 0. The molecule has 1 fully saturated rings. The third-order valence-electron chi connectivity index (χ3n) is 13.0. The van der Waals surface area contributed by atoms with Crippen LogP contribution in [0.5, 0.6) is 0 Å². The highest BCUT2D eigenvalue weighted by molar-refractivity contribution is 5.91. The summed E-state index contributed by atoms with van der Waals surface area (Å²) in [6.07, 6.45) is -2.51. The third kappa shape index (κ3) is 5.53. The first-order chi connectivity index (χ1) is 31.7. The molecule has 1 spiro atoms. The van der Waals surface area contributed by atoms with Crippen molar-refractivity contribution in [3.05, 3.63) is 234 Å². The van der Waals surface area contributed by atoms with Gasteiger partial charge in [-0.25, -0.2) is 15.0 Å². The molecular weight excluding hydrogens is 739 g/mol. The molecule has 3 nitrogen and oxygen atoms in total. The Morgan fingerprint density at radius 1 is 0.328 bits per heavy atom. The van der Waals surface area contributed by atoms with Crippen molar-refractivity contribution in [2.75, 3.05) is 0 Å². The lowest BCUT2D eigenvalue weighted by Crippen LogP contribution is -2.28. The Labute approximate surface area is 363 Å². The summed E-state index contributed by atoms with van der Waals surface area (Å²) in [5.74, 6) is 1.80. The van der Waals surface area contributed by atoms with E-state index in [1.54, 1.807) is 0 Å². The quantitative estimate of drug-likeness (QED) is 0.169. The highest BCUT2D eigenvalue weighted by atomic mass is 15.0. The van der Waals surface area contributed by atoms with Crippen molar-refractivity contribution >= 4 is 0 Å². The Morgan fingerprint density at radius 2 is 0.721 bits per heavy atom. The van der Waals surface area contributed by atoms with E-state index in [0.717, 1.165) is 83.5 Å². The van der Waals surface area contributed by atoms with Crippen molar-refractivity contribution in [1.29, 1.82) is 0 Å². The number of fused-ring (bicyclic) bond motifs is 8. The second-order valence-corrected chi connectivity index (χ2v) is 16.3. The number of benzene rings is 8. The van der Waals surface area contributed by atoms with Gasteiger partial charge in [0.15, 0.2) is 17.5 Å². The molecule has 3 aliphatic rings. The van der Waals surface area contributed by atoms with Gasteiger partial charge in [-0.15, -0.1) is 0 Å². The van der Waals surface area contributed by atoms with Crippen LogP contribution in [0, 0.1) is 0 Å². The maximum Gasteiger partial charge on any atom is 0.164 e. The van der Waals surface area contributed by atoms with Gasteiger partial charge in [0.05, 0.1) is 5.41 Å². The van der Waals surface area contributed by atoms with Gasteiger partial charge in [-0.1, -0.05) is 201 Å². The van der Waals surface area contributed by atoms with Gasteiger partial charge in [-0.2, -0.15) is 0 Å². The van der Waals surface area contributed by atoms with Crippen LogP contribution in [0.15, 0.2) is 200 Å². The molecule has 0 atom stereocenters. The first kappa shape index (κ1) is 31.7. The van der Waals surface area contributed by atoms with Crippen LogP contribution in [0.1, 0.15) is 70.9 Å². The topological polar surface area (TPSA) is 38.7 Å². The van der Waals surface area contributed by atoms with Gasteiger partial charge in [0.1, 0.15) is 0 Å². The molecule has 3 aliphatic carbocycles. The van der Waals surface area contributed by atoms with Crippen LogP contribution in [0.2, 0.25) is 0 Å². The molecule has 12 rings (SSSR count). The molecule has 8 aromatic carbocycles. The second kappa shape index (κ2) is 14.2. The fourth-order valence-electron chi connectivity index (χ4n) is 10.3. The average molecular weight is 786 g/mol. The van der Waals surface area contributed by atoms with Crippen LogP contribution >= 0.6 is 0 Å². The predicted molar refractivity (Wildman–Crippen MR) is 248 cm³/mol. The minimum absolute atomic E-state index is 0.298. The molecule has 0 unspecified atom stereocenters. The largest absolute Gasteiger partial charge is 0.208 e. The van der Waals surface area contributed by atoms with E-state index in [2.05, 4.69) is 115 Å². The summed E-state index contributed by atoms with van der Waals surface area (Å²) in [6.45, 7) is 0. The molecule has 0 amide bonds. The van der Waals surface area contributed by atoms with E-state index < -0.39 is 23.6 Å². The summed E-state index contributed by atoms with van der Waals surface area (Å²) >= 11 is 0. The molecule has 0 saturated heterocycles. The summed E-state index contributed by atoms with van der Waals surface area (Å²) < 4.78 is 38.3. The molecule has 9 aromatic rings. The van der Waals surface area contributed by atoms with E-state index in [1.165, 1.54) is 0 Å². The Morgan fingerprint density at radius 3 is 1.26 bits per heavy atom. The van der Waals surface area contributed by atoms with Crippen LogP contribution in [-0.4, -0.2) is 15.0 Å². The number of aromatic nitrogens is 3. The molecule has 1 heterocycles. The molecule has 3 heteroatoms. The van der Waals surface area contributed by atoms with E-state index in [0.29, 0.717) is 36.7 Å². The van der Waals surface area contributed by atoms with Crippen molar-refractivity contribution in [3.8, 4) is 67.5 Å². The Hall–Kier alpha value is -7.23. The van der Waals surface area contributed by atoms with E-state index in [4.69, 9.17) is 15.0 Å². The fraction of sp³-hybridized carbons (Fsp3) is 0.121. The van der Waals surface area contributed by atoms with Gasteiger partial charge in [0, 0.05) is 27.6 Å². The van der Waals surface area contributed by atoms with Crippen LogP contribution in [0.25, 0.3) is 67.5 Å². The molecule has 290 valence electrons. The smallest absolute Gasteiger partial charge is 0.164 e. The van der Waals surface area contributed by atoms with Crippen LogP contribution in [0.3, 0.4) is 0 Å². The van der Waals surface area contributed by atoms with Gasteiger partial charge < -0.3 is 0 Å². The summed E-state index contributed by atoms with van der Waals surface area (Å²) in [4.78, 5) is 15.3. The predicted octanol–water partition coefficient (Wildman–Crippen LogP) is 14.1. The van der Waals surface area contributed by atoms with Crippen molar-refractivity contribution in [2.45, 2.75) is 42.8 Å². The maximum absolute atomic E-state index is 9.59. The summed E-state index contributed by atoms with van der Waals surface area (Å²) in [6, 6.07) is 69.1. The molecule has 0 bridgehead atoms. The van der Waals surface area contributed by atoms with Gasteiger partial charge in [-0.3, -0.25) is 0 Å². The fourth-order valence-corrected chi connectivity index (χ4v) is 10.3. The second-order valence-electron chi connectivity index (χ2n) is 16.3. The Kier molecular flexibility index (Phi) is 7.37. The molecule has 61 heavy (non-hydrogen) atoms. The lowest BCUT2D eigenvalue weighted by Gasteiger charge is -2.36. The zero-order chi connectivity index (χ0) is 44.0. The lowest BCUT2D eigenvalue weighted by molar-refractivity contribution is 0.353. The first-order valence-corrected chi connectivity index (χ1v) is 21.2. The Bertz CT molecular complexity index is 3190. The summed E-state index contributed by atoms with van der Waals surface area (Å²) in [5, 5.41) is 0. The third-order valence-corrected chi connectivity index (χ3v) is 13.0. The van der Waals surface area contributed by atoms with Crippen LogP contribution < -0.4 is 0 Å². The monoisotopic (exact) mass is 785 g/mol. The van der Waals surface area contributed by atoms with E-state index >= 15 is 0 Å². The lowest BCUT2D eigenvalue weighted by atomic mass is 9.67. The van der Waals surface area contributed by atoms with Gasteiger partial charge in [0.2, 0.25) is 0 Å². The standard InChI is InChI=1S/C58H43N3/c1-6-18-39(19-7-1)54-59-55(40-20-8-2-9-21-40)61-56(60-54)43-30-33-49-48-32-29-42(37-52(48)58(53(49)38-43,44-22-10-3-11-23-44)45-24-12-4-13-25-45)41-28-31-47-46-26-14-15-27-50(46)57(51(47)36-41)34-16-5-17-35-57/h1-4,6-15,18-33,36-38H,5,16-17,34-35H2/i34D2,35D2. The average Bonchev–Trinajstić information content (AvgIpc) is 3.82. The van der Waals surface area contributed by atoms with Gasteiger partial charge in [-0.05, 0) is 97.7 Å². The minimum atomic E-state index is -1.80. The summed E-state index contributed by atoms with van der Waals surface area (Å²) in [7, 11) is 0. The number of rotatable bonds is 6. The number of hydrogen-bond acceptors (Lipinski definition) is 3. The normalized spacial score (nSPS) is 17.8. The highest BCUT2D eigenvalue weighted by Crippen LogP contribution is 2.59. The highest BCUT2D eigenvalue weighted by Gasteiger charge is 2.47. The minimum Gasteiger partial charge on any atom is -0.208 e. The maximum atomic E-state index is 9.59. The number of nitrogens with zero attached hydrogens (tertiary/aromatic N) is 3. The van der Waals surface area contributed by atoms with Crippen LogP contribution in [-0.2, 0) is 10.8 Å². The molecule has 0 aliphatic heterocycles. The van der Waals surface area contributed by atoms with E-state index in [-0.39, 0.29) is 0 Å². The zero-order valence-corrected chi connectivity index (χ0v) is 33.5. The van der Waals surface area contributed by atoms with Crippen LogP contribution in [0.4, 0.5) is 0 Å². The molecule has 0 radical (unpaired) electrons. The molecule has 0 N–H and O–H groups in total. The van der Waals surface area contributed by atoms with E-state index in [9.17, 15) is 5.48 Å². The van der Waals surface area contributed by atoms with Gasteiger partial charge >= 0.3 is 0 Å².